The van der Waals surface area contributed by atoms with Crippen molar-refractivity contribution >= 4 is 17.5 Å². The first kappa shape index (κ1) is 14.7. The summed E-state index contributed by atoms with van der Waals surface area (Å²) in [6, 6.07) is 13.0. The zero-order valence-electron chi connectivity index (χ0n) is 12.0. The minimum Gasteiger partial charge on any atom is -0.486 e. The van der Waals surface area contributed by atoms with Crippen LogP contribution in [-0.4, -0.2) is 19.1 Å². The molecule has 0 atom stereocenters. The SMILES string of the molecule is O=C(Cc1ccccc1Cl)NCc1ccc2c(c1)OCCO2. The summed E-state index contributed by atoms with van der Waals surface area (Å²) < 4.78 is 11.0. The number of fused-ring (bicyclic) bond motifs is 1. The van der Waals surface area contributed by atoms with E-state index < -0.39 is 0 Å². The average molecular weight is 318 g/mol. The van der Waals surface area contributed by atoms with E-state index in [1.807, 2.05) is 36.4 Å². The van der Waals surface area contributed by atoms with E-state index in [9.17, 15) is 4.79 Å². The topological polar surface area (TPSA) is 47.6 Å². The van der Waals surface area contributed by atoms with Gasteiger partial charge < -0.3 is 14.8 Å². The molecular weight excluding hydrogens is 302 g/mol. The number of nitrogens with one attached hydrogen (secondary N) is 1. The molecule has 0 aromatic heterocycles. The maximum absolute atomic E-state index is 12.0. The van der Waals surface area contributed by atoms with Gasteiger partial charge in [-0.25, -0.2) is 0 Å². The highest BCUT2D eigenvalue weighted by molar-refractivity contribution is 6.31. The van der Waals surface area contributed by atoms with E-state index in [4.69, 9.17) is 21.1 Å². The molecule has 0 radical (unpaired) electrons. The molecule has 0 unspecified atom stereocenters. The van der Waals surface area contributed by atoms with Crippen molar-refractivity contribution in [3.8, 4) is 11.5 Å². The van der Waals surface area contributed by atoms with Crippen molar-refractivity contribution in [2.24, 2.45) is 0 Å². The Labute approximate surface area is 134 Å². The van der Waals surface area contributed by atoms with E-state index in [0.29, 0.717) is 24.8 Å². The van der Waals surface area contributed by atoms with Crippen LogP contribution < -0.4 is 14.8 Å². The van der Waals surface area contributed by atoms with E-state index in [0.717, 1.165) is 22.6 Å². The quantitative estimate of drug-likeness (QED) is 0.943. The third-order valence-electron chi connectivity index (χ3n) is 3.41. The lowest BCUT2D eigenvalue weighted by Gasteiger charge is -2.19. The van der Waals surface area contributed by atoms with Crippen LogP contribution in [0.3, 0.4) is 0 Å². The van der Waals surface area contributed by atoms with Gasteiger partial charge in [-0.15, -0.1) is 0 Å². The van der Waals surface area contributed by atoms with Gasteiger partial charge in [-0.2, -0.15) is 0 Å². The molecule has 4 nitrogen and oxygen atoms in total. The second kappa shape index (κ2) is 6.71. The van der Waals surface area contributed by atoms with E-state index in [2.05, 4.69) is 5.32 Å². The minimum absolute atomic E-state index is 0.0667. The summed E-state index contributed by atoms with van der Waals surface area (Å²) in [5.74, 6) is 1.41. The number of hydrogen-bond donors (Lipinski definition) is 1. The van der Waals surface area contributed by atoms with Crippen molar-refractivity contribution in [2.75, 3.05) is 13.2 Å². The Bertz CT molecular complexity index is 687. The van der Waals surface area contributed by atoms with Crippen LogP contribution >= 0.6 is 11.6 Å². The molecule has 1 heterocycles. The van der Waals surface area contributed by atoms with Crippen molar-refractivity contribution in [3.05, 3.63) is 58.6 Å². The number of benzene rings is 2. The van der Waals surface area contributed by atoms with Crippen LogP contribution in [0.4, 0.5) is 0 Å². The molecular formula is C17H16ClNO3. The molecule has 0 saturated heterocycles. The lowest BCUT2D eigenvalue weighted by atomic mass is 10.1. The zero-order valence-corrected chi connectivity index (χ0v) is 12.7. The van der Waals surface area contributed by atoms with Crippen molar-refractivity contribution in [1.29, 1.82) is 0 Å². The third-order valence-corrected chi connectivity index (χ3v) is 3.77. The molecule has 1 aliphatic rings. The highest BCUT2D eigenvalue weighted by atomic mass is 35.5. The maximum Gasteiger partial charge on any atom is 0.224 e. The third kappa shape index (κ3) is 3.52. The van der Waals surface area contributed by atoms with Gasteiger partial charge in [0, 0.05) is 11.6 Å². The highest BCUT2D eigenvalue weighted by Gasteiger charge is 2.12. The number of carbonyl (C=O) groups is 1. The van der Waals surface area contributed by atoms with E-state index in [1.54, 1.807) is 6.07 Å². The summed E-state index contributed by atoms with van der Waals surface area (Å²) in [6.45, 7) is 1.57. The molecule has 22 heavy (non-hydrogen) atoms. The van der Waals surface area contributed by atoms with Gasteiger partial charge in [-0.05, 0) is 29.3 Å². The first-order valence-corrected chi connectivity index (χ1v) is 7.49. The van der Waals surface area contributed by atoms with Crippen LogP contribution in [0.15, 0.2) is 42.5 Å². The van der Waals surface area contributed by atoms with E-state index in [-0.39, 0.29) is 12.3 Å². The molecule has 114 valence electrons. The van der Waals surface area contributed by atoms with Gasteiger partial charge in [0.2, 0.25) is 5.91 Å². The lowest BCUT2D eigenvalue weighted by Crippen LogP contribution is -2.24. The molecule has 0 aliphatic carbocycles. The number of rotatable bonds is 4. The first-order chi connectivity index (χ1) is 10.7. The van der Waals surface area contributed by atoms with E-state index in [1.165, 1.54) is 0 Å². The number of carbonyl (C=O) groups excluding carboxylic acids is 1. The van der Waals surface area contributed by atoms with Gasteiger partial charge >= 0.3 is 0 Å². The highest BCUT2D eigenvalue weighted by Crippen LogP contribution is 2.30. The molecule has 2 aromatic carbocycles. The fourth-order valence-electron chi connectivity index (χ4n) is 2.28. The molecule has 2 aromatic rings. The van der Waals surface area contributed by atoms with Crippen molar-refractivity contribution in [3.63, 3.8) is 0 Å². The van der Waals surface area contributed by atoms with Gasteiger partial charge in [0.25, 0.3) is 0 Å². The predicted molar refractivity (Wildman–Crippen MR) is 84.4 cm³/mol. The predicted octanol–water partition coefficient (Wildman–Crippen LogP) is 2.97. The average Bonchev–Trinajstić information content (AvgIpc) is 2.55. The number of hydrogen-bond acceptors (Lipinski definition) is 3. The molecule has 5 heteroatoms. The van der Waals surface area contributed by atoms with Gasteiger partial charge in [-0.1, -0.05) is 35.9 Å². The molecule has 0 saturated carbocycles. The summed E-state index contributed by atoms with van der Waals surface area (Å²) in [7, 11) is 0. The van der Waals surface area contributed by atoms with Gasteiger partial charge in [0.05, 0.1) is 6.42 Å². The van der Waals surface area contributed by atoms with E-state index >= 15 is 0 Å². The van der Waals surface area contributed by atoms with Crippen LogP contribution in [0.2, 0.25) is 5.02 Å². The summed E-state index contributed by atoms with van der Waals surface area (Å²) in [5.41, 5.74) is 1.79. The Morgan fingerprint density at radius 3 is 2.68 bits per heavy atom. The summed E-state index contributed by atoms with van der Waals surface area (Å²) in [5, 5.41) is 3.50. The molecule has 1 N–H and O–H groups in total. The lowest BCUT2D eigenvalue weighted by molar-refractivity contribution is -0.120. The monoisotopic (exact) mass is 317 g/mol. The Balaban J connectivity index is 1.58. The van der Waals surface area contributed by atoms with Crippen LogP contribution in [0.5, 0.6) is 11.5 Å². The van der Waals surface area contributed by atoms with Crippen molar-refractivity contribution in [1.82, 2.24) is 5.32 Å². The van der Waals surface area contributed by atoms with Crippen molar-refractivity contribution < 1.29 is 14.3 Å². The Morgan fingerprint density at radius 1 is 1.09 bits per heavy atom. The first-order valence-electron chi connectivity index (χ1n) is 7.11. The molecule has 1 aliphatic heterocycles. The zero-order chi connectivity index (χ0) is 15.4. The molecule has 1 amide bonds. The smallest absolute Gasteiger partial charge is 0.224 e. The second-order valence-electron chi connectivity index (χ2n) is 5.02. The second-order valence-corrected chi connectivity index (χ2v) is 5.43. The molecule has 0 fully saturated rings. The normalized spacial score (nSPS) is 12.8. The molecule has 3 rings (SSSR count). The largest absolute Gasteiger partial charge is 0.486 e. The Morgan fingerprint density at radius 2 is 1.86 bits per heavy atom. The number of amides is 1. The maximum atomic E-state index is 12.0. The van der Waals surface area contributed by atoms with Gasteiger partial charge in [0.1, 0.15) is 13.2 Å². The Kier molecular flexibility index (Phi) is 4.49. The standard InChI is InChI=1S/C17H16ClNO3/c18-14-4-2-1-3-13(14)10-17(20)19-11-12-5-6-15-16(9-12)22-8-7-21-15/h1-6,9H,7-8,10-11H2,(H,19,20). The summed E-state index contributed by atoms with van der Waals surface area (Å²) in [4.78, 5) is 12.0. The van der Waals surface area contributed by atoms with Crippen LogP contribution in [0.25, 0.3) is 0 Å². The van der Waals surface area contributed by atoms with Gasteiger partial charge in [0.15, 0.2) is 11.5 Å². The van der Waals surface area contributed by atoms with Crippen molar-refractivity contribution in [2.45, 2.75) is 13.0 Å². The summed E-state index contributed by atoms with van der Waals surface area (Å²) >= 11 is 6.05. The number of ether oxygens (including phenoxy) is 2. The summed E-state index contributed by atoms with van der Waals surface area (Å²) in [6.07, 6.45) is 0.268. The minimum atomic E-state index is -0.0667. The molecule has 0 spiro atoms. The van der Waals surface area contributed by atoms with Crippen LogP contribution in [0.1, 0.15) is 11.1 Å². The Hall–Kier alpha value is -2.20. The fourth-order valence-corrected chi connectivity index (χ4v) is 2.48. The fraction of sp³-hybridized carbons (Fsp3) is 0.235. The van der Waals surface area contributed by atoms with Crippen LogP contribution in [0, 0.1) is 0 Å². The number of halogens is 1. The van der Waals surface area contributed by atoms with Crippen LogP contribution in [-0.2, 0) is 17.8 Å². The molecule has 0 bridgehead atoms. The van der Waals surface area contributed by atoms with Gasteiger partial charge in [-0.3, -0.25) is 4.79 Å².